The van der Waals surface area contributed by atoms with E-state index >= 15 is 0 Å². The third-order valence-electron chi connectivity index (χ3n) is 5.02. The molecule has 0 unspecified atom stereocenters. The molecule has 0 saturated carbocycles. The van der Waals surface area contributed by atoms with Gasteiger partial charge in [0.25, 0.3) is 5.91 Å². The highest BCUT2D eigenvalue weighted by atomic mass is 16.5. The first-order valence-corrected chi connectivity index (χ1v) is 9.02. The number of imidazole rings is 1. The molecule has 1 aromatic carbocycles. The van der Waals surface area contributed by atoms with Crippen LogP contribution < -0.4 is 4.74 Å². The third-order valence-corrected chi connectivity index (χ3v) is 5.02. The summed E-state index contributed by atoms with van der Waals surface area (Å²) in [4.78, 5) is 22.3. The summed E-state index contributed by atoms with van der Waals surface area (Å²) in [6.45, 7) is 6.79. The maximum Gasteiger partial charge on any atom is 0.270 e. The lowest BCUT2D eigenvalue weighted by Gasteiger charge is -2.39. The van der Waals surface area contributed by atoms with Gasteiger partial charge in [-0.1, -0.05) is 13.8 Å². The number of hydrogen-bond acceptors (Lipinski definition) is 3. The molecule has 1 aliphatic rings. The molecule has 3 aromatic rings. The zero-order valence-electron chi connectivity index (χ0n) is 15.4. The fraction of sp³-hybridized carbons (Fsp3) is 0.400. The van der Waals surface area contributed by atoms with Crippen molar-refractivity contribution in [1.29, 1.82) is 0 Å². The lowest BCUT2D eigenvalue weighted by Crippen LogP contribution is -2.51. The molecule has 1 amide bonds. The fourth-order valence-corrected chi connectivity index (χ4v) is 3.62. The van der Waals surface area contributed by atoms with Gasteiger partial charge in [-0.2, -0.15) is 0 Å². The van der Waals surface area contributed by atoms with Gasteiger partial charge >= 0.3 is 0 Å². The molecule has 136 valence electrons. The van der Waals surface area contributed by atoms with E-state index in [0.717, 1.165) is 42.1 Å². The zero-order chi connectivity index (χ0) is 18.3. The smallest absolute Gasteiger partial charge is 0.270 e. The normalized spacial score (nSPS) is 14.8. The number of aromatic amines is 1. The van der Waals surface area contributed by atoms with Gasteiger partial charge in [0.2, 0.25) is 0 Å². The number of likely N-dealkylation sites (tertiary alicyclic amines) is 1. The van der Waals surface area contributed by atoms with Crippen molar-refractivity contribution in [3.05, 3.63) is 48.2 Å². The van der Waals surface area contributed by atoms with E-state index in [-0.39, 0.29) is 5.91 Å². The molecule has 1 aliphatic heterocycles. The Morgan fingerprint density at radius 1 is 1.35 bits per heavy atom. The van der Waals surface area contributed by atoms with Gasteiger partial charge in [-0.25, -0.2) is 4.98 Å². The maximum absolute atomic E-state index is 12.7. The molecule has 0 aliphatic carbocycles. The molecule has 2 aromatic heterocycles. The molecule has 1 saturated heterocycles. The van der Waals surface area contributed by atoms with Gasteiger partial charge in [0, 0.05) is 60.8 Å². The zero-order valence-corrected chi connectivity index (χ0v) is 15.4. The number of methoxy groups -OCH3 is 1. The van der Waals surface area contributed by atoms with Gasteiger partial charge in [0.15, 0.2) is 0 Å². The van der Waals surface area contributed by atoms with E-state index in [9.17, 15) is 4.79 Å². The minimum atomic E-state index is 0.0612. The van der Waals surface area contributed by atoms with Crippen molar-refractivity contribution in [2.45, 2.75) is 26.3 Å². The quantitative estimate of drug-likeness (QED) is 0.766. The average Bonchev–Trinajstić information content (AvgIpc) is 3.22. The van der Waals surface area contributed by atoms with Crippen molar-refractivity contribution < 1.29 is 9.53 Å². The van der Waals surface area contributed by atoms with Crippen LogP contribution in [0.3, 0.4) is 0 Å². The monoisotopic (exact) mass is 352 g/mol. The first kappa shape index (κ1) is 16.7. The number of hydrogen-bond donors (Lipinski definition) is 1. The second-order valence-electron chi connectivity index (χ2n) is 7.30. The summed E-state index contributed by atoms with van der Waals surface area (Å²) in [6.07, 6.45) is 3.89. The average molecular weight is 352 g/mol. The Bertz CT molecular complexity index is 934. The summed E-state index contributed by atoms with van der Waals surface area (Å²) in [7, 11) is 1.64. The molecule has 6 nitrogen and oxygen atoms in total. The summed E-state index contributed by atoms with van der Waals surface area (Å²) in [5.41, 5.74) is 1.56. The van der Waals surface area contributed by atoms with Crippen LogP contribution in [0, 0.1) is 5.92 Å². The Kier molecular flexibility index (Phi) is 4.18. The predicted molar refractivity (Wildman–Crippen MR) is 101 cm³/mol. The predicted octanol–water partition coefficient (Wildman–Crippen LogP) is 3.27. The molecule has 0 radical (unpaired) electrons. The first-order chi connectivity index (χ1) is 12.5. The fourth-order valence-electron chi connectivity index (χ4n) is 3.62. The SMILES string of the molecule is COc1ccc2cc(C(=O)N3CC(Cn4ccnc4C(C)C)C3)[nH]c2c1. The maximum atomic E-state index is 12.7. The number of fused-ring (bicyclic) bond motifs is 1. The molecule has 26 heavy (non-hydrogen) atoms. The molecular formula is C20H24N4O2. The van der Waals surface area contributed by atoms with Crippen molar-refractivity contribution in [1.82, 2.24) is 19.4 Å². The van der Waals surface area contributed by atoms with Crippen LogP contribution in [0.4, 0.5) is 0 Å². The number of nitrogens with zero attached hydrogens (tertiary/aromatic N) is 3. The van der Waals surface area contributed by atoms with Crippen LogP contribution in [-0.4, -0.2) is 45.5 Å². The van der Waals surface area contributed by atoms with Crippen molar-refractivity contribution in [2.75, 3.05) is 20.2 Å². The van der Waals surface area contributed by atoms with E-state index in [1.807, 2.05) is 41.6 Å². The second-order valence-corrected chi connectivity index (χ2v) is 7.30. The Morgan fingerprint density at radius 3 is 2.88 bits per heavy atom. The minimum Gasteiger partial charge on any atom is -0.497 e. The van der Waals surface area contributed by atoms with Crippen molar-refractivity contribution in [3.8, 4) is 5.75 Å². The van der Waals surface area contributed by atoms with Crippen LogP contribution in [0.15, 0.2) is 36.7 Å². The largest absolute Gasteiger partial charge is 0.497 e. The summed E-state index contributed by atoms with van der Waals surface area (Å²) < 4.78 is 7.45. The standard InChI is InChI=1S/C20H24N4O2/c1-13(2)19-21-6-7-23(19)10-14-11-24(12-14)20(25)18-8-15-4-5-16(26-3)9-17(15)22-18/h4-9,13-14,22H,10-12H2,1-3H3. The molecular weight excluding hydrogens is 328 g/mol. The molecule has 0 atom stereocenters. The van der Waals surface area contributed by atoms with E-state index in [2.05, 4.69) is 28.4 Å². The molecule has 1 N–H and O–H groups in total. The topological polar surface area (TPSA) is 63.1 Å². The summed E-state index contributed by atoms with van der Waals surface area (Å²) in [5.74, 6) is 2.84. The number of carbonyl (C=O) groups excluding carboxylic acids is 1. The second kappa shape index (κ2) is 6.52. The van der Waals surface area contributed by atoms with Crippen LogP contribution in [0.2, 0.25) is 0 Å². The van der Waals surface area contributed by atoms with Crippen molar-refractivity contribution >= 4 is 16.8 Å². The Labute approximate surface area is 152 Å². The minimum absolute atomic E-state index is 0.0612. The van der Waals surface area contributed by atoms with Crippen molar-refractivity contribution in [2.24, 2.45) is 5.92 Å². The van der Waals surface area contributed by atoms with Crippen LogP contribution in [-0.2, 0) is 6.54 Å². The van der Waals surface area contributed by atoms with Gasteiger partial charge in [0.05, 0.1) is 7.11 Å². The van der Waals surface area contributed by atoms with Crippen LogP contribution in [0.1, 0.15) is 36.1 Å². The van der Waals surface area contributed by atoms with E-state index in [4.69, 9.17) is 4.74 Å². The number of nitrogens with one attached hydrogen (secondary N) is 1. The molecule has 3 heterocycles. The van der Waals surface area contributed by atoms with E-state index in [1.165, 1.54) is 0 Å². The molecule has 6 heteroatoms. The highest BCUT2D eigenvalue weighted by Gasteiger charge is 2.32. The van der Waals surface area contributed by atoms with Gasteiger partial charge in [0.1, 0.15) is 17.3 Å². The third kappa shape index (κ3) is 2.96. The molecule has 0 spiro atoms. The summed E-state index contributed by atoms with van der Waals surface area (Å²) >= 11 is 0. The Morgan fingerprint density at radius 2 is 2.15 bits per heavy atom. The summed E-state index contributed by atoms with van der Waals surface area (Å²) in [5, 5.41) is 1.02. The van der Waals surface area contributed by atoms with E-state index in [1.54, 1.807) is 7.11 Å². The van der Waals surface area contributed by atoms with Gasteiger partial charge in [-0.15, -0.1) is 0 Å². The number of ether oxygens (including phenoxy) is 1. The number of rotatable bonds is 5. The number of aromatic nitrogens is 3. The number of amides is 1. The van der Waals surface area contributed by atoms with Crippen LogP contribution in [0.5, 0.6) is 5.75 Å². The molecule has 1 fully saturated rings. The van der Waals surface area contributed by atoms with E-state index in [0.29, 0.717) is 17.5 Å². The highest BCUT2D eigenvalue weighted by Crippen LogP contribution is 2.25. The van der Waals surface area contributed by atoms with Gasteiger partial charge < -0.3 is 19.2 Å². The lowest BCUT2D eigenvalue weighted by molar-refractivity contribution is 0.0462. The van der Waals surface area contributed by atoms with Crippen molar-refractivity contribution in [3.63, 3.8) is 0 Å². The first-order valence-electron chi connectivity index (χ1n) is 9.02. The Hall–Kier alpha value is -2.76. The van der Waals surface area contributed by atoms with E-state index < -0.39 is 0 Å². The Balaban J connectivity index is 1.41. The highest BCUT2D eigenvalue weighted by molar-refractivity contribution is 5.98. The number of carbonyl (C=O) groups is 1. The number of H-pyrrole nitrogens is 1. The van der Waals surface area contributed by atoms with Gasteiger partial charge in [-0.3, -0.25) is 4.79 Å². The summed E-state index contributed by atoms with van der Waals surface area (Å²) in [6, 6.07) is 7.70. The molecule has 4 rings (SSSR count). The molecule has 0 bridgehead atoms. The van der Waals surface area contributed by atoms with Crippen LogP contribution >= 0.6 is 0 Å². The van der Waals surface area contributed by atoms with Crippen LogP contribution in [0.25, 0.3) is 10.9 Å². The lowest BCUT2D eigenvalue weighted by atomic mass is 9.99. The number of benzene rings is 1. The van der Waals surface area contributed by atoms with Gasteiger partial charge in [-0.05, 0) is 18.2 Å².